The first kappa shape index (κ1) is 14.3. The maximum Gasteiger partial charge on any atom is 0.0695 e. The Morgan fingerprint density at radius 1 is 0.944 bits per heavy atom. The van der Waals surface area contributed by atoms with E-state index in [2.05, 4.69) is 11.8 Å². The minimum Gasteiger partial charge on any atom is -0.391 e. The van der Waals surface area contributed by atoms with E-state index in [0.29, 0.717) is 6.04 Å². The molecule has 0 aromatic rings. The lowest BCUT2D eigenvalue weighted by Gasteiger charge is -2.40. The zero-order valence-electron chi connectivity index (χ0n) is 12.1. The molecule has 2 unspecified atom stereocenters. The maximum absolute atomic E-state index is 10.4. The molecule has 2 atom stereocenters. The summed E-state index contributed by atoms with van der Waals surface area (Å²) < 4.78 is 0. The Bertz CT molecular complexity index is 223. The number of piperidine rings is 1. The number of aliphatic hydroxyl groups excluding tert-OH is 1. The summed E-state index contributed by atoms with van der Waals surface area (Å²) >= 11 is 0. The van der Waals surface area contributed by atoms with Crippen molar-refractivity contribution in [1.29, 1.82) is 0 Å². The third-order valence-electron chi connectivity index (χ3n) is 5.01. The topological polar surface area (TPSA) is 23.5 Å². The molecule has 2 aliphatic rings. The predicted octanol–water partition coefficient (Wildman–Crippen LogP) is 3.58. The second-order valence-corrected chi connectivity index (χ2v) is 6.39. The number of hydrogen-bond donors (Lipinski definition) is 1. The second kappa shape index (κ2) is 7.49. The number of hydrogen-bond acceptors (Lipinski definition) is 2. The van der Waals surface area contributed by atoms with Crippen molar-refractivity contribution in [2.45, 2.75) is 83.3 Å². The van der Waals surface area contributed by atoms with Crippen molar-refractivity contribution in [1.82, 2.24) is 4.90 Å². The van der Waals surface area contributed by atoms with Crippen LogP contribution < -0.4 is 0 Å². The second-order valence-electron chi connectivity index (χ2n) is 6.39. The smallest absolute Gasteiger partial charge is 0.0695 e. The van der Waals surface area contributed by atoms with Gasteiger partial charge in [0.2, 0.25) is 0 Å². The highest BCUT2D eigenvalue weighted by molar-refractivity contribution is 4.84. The highest BCUT2D eigenvalue weighted by atomic mass is 16.3. The molecule has 1 aliphatic heterocycles. The molecule has 0 radical (unpaired) electrons. The molecule has 1 saturated heterocycles. The highest BCUT2D eigenvalue weighted by Gasteiger charge is 2.29. The van der Waals surface area contributed by atoms with Gasteiger partial charge in [0.1, 0.15) is 0 Å². The van der Waals surface area contributed by atoms with Gasteiger partial charge in [0, 0.05) is 6.04 Å². The first-order valence-electron chi connectivity index (χ1n) is 8.23. The molecule has 106 valence electrons. The molecule has 1 aliphatic carbocycles. The molecule has 0 bridgehead atoms. The van der Waals surface area contributed by atoms with Gasteiger partial charge in [-0.25, -0.2) is 0 Å². The van der Waals surface area contributed by atoms with Crippen LogP contribution in [-0.4, -0.2) is 35.2 Å². The standard InChI is InChI=1S/C16H31NO/c1-2-7-14-10-12-17(13-11-14)15-8-5-3-4-6-9-16(15)18/h14-16,18H,2-13H2,1H3. The van der Waals surface area contributed by atoms with Gasteiger partial charge in [-0.3, -0.25) is 4.90 Å². The molecule has 0 aromatic carbocycles. The summed E-state index contributed by atoms with van der Waals surface area (Å²) in [7, 11) is 0. The minimum atomic E-state index is -0.0620. The highest BCUT2D eigenvalue weighted by Crippen LogP contribution is 2.28. The van der Waals surface area contributed by atoms with Gasteiger partial charge in [-0.1, -0.05) is 45.4 Å². The summed E-state index contributed by atoms with van der Waals surface area (Å²) in [5.74, 6) is 0.956. The first-order chi connectivity index (χ1) is 8.81. The van der Waals surface area contributed by atoms with Crippen molar-refractivity contribution in [2.75, 3.05) is 13.1 Å². The normalized spacial score (nSPS) is 33.0. The Hall–Kier alpha value is -0.0800. The average molecular weight is 253 g/mol. The van der Waals surface area contributed by atoms with Gasteiger partial charge in [0.05, 0.1) is 6.10 Å². The summed E-state index contributed by atoms with van der Waals surface area (Å²) in [6.45, 7) is 4.75. The molecule has 2 heteroatoms. The van der Waals surface area contributed by atoms with Gasteiger partial charge in [0.25, 0.3) is 0 Å². The lowest BCUT2D eigenvalue weighted by Crippen LogP contribution is -2.47. The van der Waals surface area contributed by atoms with Crippen LogP contribution in [0.25, 0.3) is 0 Å². The first-order valence-corrected chi connectivity index (χ1v) is 8.23. The summed E-state index contributed by atoms with van der Waals surface area (Å²) in [6, 6.07) is 0.466. The number of likely N-dealkylation sites (tertiary alicyclic amines) is 1. The van der Waals surface area contributed by atoms with Crippen LogP contribution >= 0.6 is 0 Å². The van der Waals surface area contributed by atoms with Crippen molar-refractivity contribution in [3.8, 4) is 0 Å². The molecule has 2 rings (SSSR count). The molecule has 18 heavy (non-hydrogen) atoms. The molecule has 2 fully saturated rings. The molecule has 1 saturated carbocycles. The van der Waals surface area contributed by atoms with Crippen LogP contribution in [0.5, 0.6) is 0 Å². The van der Waals surface area contributed by atoms with Gasteiger partial charge in [-0.15, -0.1) is 0 Å². The Morgan fingerprint density at radius 2 is 1.61 bits per heavy atom. The zero-order chi connectivity index (χ0) is 12.8. The van der Waals surface area contributed by atoms with E-state index in [4.69, 9.17) is 0 Å². The predicted molar refractivity (Wildman–Crippen MR) is 76.7 cm³/mol. The monoisotopic (exact) mass is 253 g/mol. The van der Waals surface area contributed by atoms with Gasteiger partial charge in [-0.05, 0) is 44.7 Å². The third-order valence-corrected chi connectivity index (χ3v) is 5.01. The fourth-order valence-corrected chi connectivity index (χ4v) is 3.85. The lowest BCUT2D eigenvalue weighted by molar-refractivity contribution is 0.0134. The Balaban J connectivity index is 1.82. The Morgan fingerprint density at radius 3 is 2.28 bits per heavy atom. The minimum absolute atomic E-state index is 0.0620. The number of rotatable bonds is 3. The van der Waals surface area contributed by atoms with Crippen LogP contribution in [-0.2, 0) is 0 Å². The van der Waals surface area contributed by atoms with Crippen molar-refractivity contribution >= 4 is 0 Å². The van der Waals surface area contributed by atoms with E-state index < -0.39 is 0 Å². The van der Waals surface area contributed by atoms with E-state index in [1.54, 1.807) is 0 Å². The molecular weight excluding hydrogens is 222 g/mol. The van der Waals surface area contributed by atoms with Crippen molar-refractivity contribution in [3.05, 3.63) is 0 Å². The van der Waals surface area contributed by atoms with E-state index >= 15 is 0 Å². The van der Waals surface area contributed by atoms with Gasteiger partial charge >= 0.3 is 0 Å². The van der Waals surface area contributed by atoms with E-state index in [1.165, 1.54) is 70.9 Å². The van der Waals surface area contributed by atoms with E-state index in [9.17, 15) is 5.11 Å². The van der Waals surface area contributed by atoms with Crippen LogP contribution in [0.1, 0.15) is 71.1 Å². The fourth-order valence-electron chi connectivity index (χ4n) is 3.85. The van der Waals surface area contributed by atoms with E-state index in [1.807, 2.05) is 0 Å². The number of aliphatic hydroxyl groups is 1. The van der Waals surface area contributed by atoms with Gasteiger partial charge in [-0.2, -0.15) is 0 Å². The Labute approximate surface area is 113 Å². The lowest BCUT2D eigenvalue weighted by atomic mass is 9.88. The van der Waals surface area contributed by atoms with Crippen molar-refractivity contribution in [3.63, 3.8) is 0 Å². The quantitative estimate of drug-likeness (QED) is 0.831. The number of nitrogens with zero attached hydrogens (tertiary/aromatic N) is 1. The fraction of sp³-hybridized carbons (Fsp3) is 1.00. The van der Waals surface area contributed by atoms with Crippen molar-refractivity contribution in [2.24, 2.45) is 5.92 Å². The SMILES string of the molecule is CCCC1CCN(C2CCCCCCC2O)CC1. The van der Waals surface area contributed by atoms with Crippen LogP contribution in [0.15, 0.2) is 0 Å². The average Bonchev–Trinajstić information content (AvgIpc) is 2.36. The summed E-state index contributed by atoms with van der Waals surface area (Å²) in [5, 5.41) is 10.4. The third kappa shape index (κ3) is 3.96. The van der Waals surface area contributed by atoms with E-state index in [0.717, 1.165) is 12.3 Å². The van der Waals surface area contributed by atoms with Gasteiger partial charge < -0.3 is 5.11 Å². The van der Waals surface area contributed by atoms with Crippen LogP contribution in [0.4, 0.5) is 0 Å². The molecule has 0 spiro atoms. The molecule has 1 N–H and O–H groups in total. The van der Waals surface area contributed by atoms with Gasteiger partial charge in [0.15, 0.2) is 0 Å². The molecule has 1 heterocycles. The van der Waals surface area contributed by atoms with E-state index in [-0.39, 0.29) is 6.10 Å². The largest absolute Gasteiger partial charge is 0.391 e. The summed E-state index contributed by atoms with van der Waals surface area (Å²) in [4.78, 5) is 2.60. The van der Waals surface area contributed by atoms with Crippen LogP contribution in [0.2, 0.25) is 0 Å². The summed E-state index contributed by atoms with van der Waals surface area (Å²) in [6.07, 6.45) is 12.9. The van der Waals surface area contributed by atoms with Crippen LogP contribution in [0, 0.1) is 5.92 Å². The maximum atomic E-state index is 10.4. The molecule has 0 aromatic heterocycles. The Kier molecular flexibility index (Phi) is 5.97. The summed E-state index contributed by atoms with van der Waals surface area (Å²) in [5.41, 5.74) is 0. The molecule has 2 nitrogen and oxygen atoms in total. The molecular formula is C16H31NO. The molecule has 0 amide bonds. The van der Waals surface area contributed by atoms with Crippen molar-refractivity contribution < 1.29 is 5.11 Å². The van der Waals surface area contributed by atoms with Crippen LogP contribution in [0.3, 0.4) is 0 Å². The zero-order valence-corrected chi connectivity index (χ0v) is 12.1.